The summed E-state index contributed by atoms with van der Waals surface area (Å²) >= 11 is 0. The zero-order valence-electron chi connectivity index (χ0n) is 14.7. The predicted molar refractivity (Wildman–Crippen MR) is 105 cm³/mol. The molecule has 3 N–H and O–H groups in total. The molecule has 0 aliphatic carbocycles. The molecular formula is C18H21N5O3S. The molecule has 4 rings (SSSR count). The fourth-order valence-electron chi connectivity index (χ4n) is 3.14. The van der Waals surface area contributed by atoms with Gasteiger partial charge in [-0.3, -0.25) is 28.2 Å². The summed E-state index contributed by atoms with van der Waals surface area (Å²) in [7, 11) is -2.43. The highest BCUT2D eigenvalue weighted by Crippen LogP contribution is 2.40. The van der Waals surface area contributed by atoms with E-state index in [4.69, 9.17) is 0 Å². The minimum absolute atomic E-state index is 0.303. The molecule has 1 aliphatic heterocycles. The molecule has 4 heterocycles. The van der Waals surface area contributed by atoms with Crippen LogP contribution in [0.4, 0.5) is 5.69 Å². The third kappa shape index (κ3) is 3.96. The standard InChI is InChI=1S/C18H21N5O3S/c24-18(20-14-4-3-6-19-12-14)17-21-15(16-5-1-2-7-23(16)17)13-22-8-10-27(25,26)11-9-22/h1-7,12,25-26H,8-11,13H2,(H,20,24). The number of amides is 1. The monoisotopic (exact) mass is 387 g/mol. The van der Waals surface area contributed by atoms with Crippen molar-refractivity contribution < 1.29 is 13.9 Å². The summed E-state index contributed by atoms with van der Waals surface area (Å²) in [5, 5.41) is 2.82. The Morgan fingerprint density at radius 2 is 2.00 bits per heavy atom. The molecule has 9 heteroatoms. The van der Waals surface area contributed by atoms with Crippen molar-refractivity contribution in [2.24, 2.45) is 0 Å². The first-order valence-corrected chi connectivity index (χ1v) is 10.5. The Bertz CT molecular complexity index is 950. The number of hydrogen-bond donors (Lipinski definition) is 3. The van der Waals surface area contributed by atoms with E-state index < -0.39 is 10.6 Å². The first-order chi connectivity index (χ1) is 13.0. The Morgan fingerprint density at radius 3 is 2.74 bits per heavy atom. The van der Waals surface area contributed by atoms with Crippen LogP contribution in [0.15, 0.2) is 48.9 Å². The quantitative estimate of drug-likeness (QED) is 0.636. The van der Waals surface area contributed by atoms with Crippen LogP contribution in [0.5, 0.6) is 0 Å². The molecule has 0 aromatic carbocycles. The van der Waals surface area contributed by atoms with E-state index in [1.54, 1.807) is 28.9 Å². The topological polar surface area (TPSA) is 103 Å². The highest BCUT2D eigenvalue weighted by molar-refractivity contribution is 8.24. The van der Waals surface area contributed by atoms with Crippen LogP contribution in [0.25, 0.3) is 5.52 Å². The van der Waals surface area contributed by atoms with E-state index in [1.165, 1.54) is 0 Å². The van der Waals surface area contributed by atoms with Crippen LogP contribution in [0.3, 0.4) is 0 Å². The van der Waals surface area contributed by atoms with Crippen LogP contribution in [-0.4, -0.2) is 58.9 Å². The van der Waals surface area contributed by atoms with Crippen LogP contribution < -0.4 is 5.32 Å². The van der Waals surface area contributed by atoms with Gasteiger partial charge in [0, 0.05) is 32.0 Å². The molecule has 1 amide bonds. The summed E-state index contributed by atoms with van der Waals surface area (Å²) in [6, 6.07) is 9.23. The molecule has 1 aliphatic rings. The Balaban J connectivity index is 1.58. The number of anilines is 1. The van der Waals surface area contributed by atoms with Gasteiger partial charge in [0.05, 0.1) is 34.6 Å². The number of fused-ring (bicyclic) bond motifs is 1. The Hall–Kier alpha value is -2.46. The van der Waals surface area contributed by atoms with E-state index in [0.29, 0.717) is 42.7 Å². The number of hydrogen-bond acceptors (Lipinski definition) is 6. The minimum Gasteiger partial charge on any atom is -0.318 e. The molecule has 1 fully saturated rings. The second-order valence-corrected chi connectivity index (χ2v) is 8.94. The van der Waals surface area contributed by atoms with E-state index >= 15 is 0 Å². The zero-order chi connectivity index (χ0) is 18.9. The molecule has 0 unspecified atom stereocenters. The van der Waals surface area contributed by atoms with Crippen molar-refractivity contribution in [3.8, 4) is 0 Å². The van der Waals surface area contributed by atoms with Crippen molar-refractivity contribution in [2.75, 3.05) is 29.9 Å². The predicted octanol–water partition coefficient (Wildman–Crippen LogP) is 2.55. The lowest BCUT2D eigenvalue weighted by atomic mass is 10.3. The molecule has 0 atom stereocenters. The Kier molecular flexibility index (Phi) is 4.83. The lowest BCUT2D eigenvalue weighted by Crippen LogP contribution is -2.37. The fourth-order valence-corrected chi connectivity index (χ4v) is 4.44. The van der Waals surface area contributed by atoms with Gasteiger partial charge in [-0.1, -0.05) is 6.07 Å². The van der Waals surface area contributed by atoms with Gasteiger partial charge in [-0.15, -0.1) is 0 Å². The Morgan fingerprint density at radius 1 is 1.19 bits per heavy atom. The second-order valence-electron chi connectivity index (χ2n) is 6.52. The summed E-state index contributed by atoms with van der Waals surface area (Å²) in [4.78, 5) is 23.4. The van der Waals surface area contributed by atoms with Gasteiger partial charge in [0.2, 0.25) is 5.82 Å². The average molecular weight is 387 g/mol. The van der Waals surface area contributed by atoms with Crippen molar-refractivity contribution in [1.29, 1.82) is 0 Å². The molecule has 0 saturated carbocycles. The molecular weight excluding hydrogens is 366 g/mol. The summed E-state index contributed by atoms with van der Waals surface area (Å²) in [5.41, 5.74) is 2.27. The van der Waals surface area contributed by atoms with Crippen LogP contribution in [0, 0.1) is 0 Å². The number of imidazole rings is 1. The summed E-state index contributed by atoms with van der Waals surface area (Å²) in [6.45, 7) is 1.76. The van der Waals surface area contributed by atoms with Crippen LogP contribution in [0.2, 0.25) is 0 Å². The van der Waals surface area contributed by atoms with Crippen molar-refractivity contribution >= 4 is 27.7 Å². The lowest BCUT2D eigenvalue weighted by Gasteiger charge is -2.40. The molecule has 0 radical (unpaired) electrons. The molecule has 8 nitrogen and oxygen atoms in total. The number of nitrogens with one attached hydrogen (secondary N) is 1. The lowest BCUT2D eigenvalue weighted by molar-refractivity contribution is 0.101. The average Bonchev–Trinajstić information content (AvgIpc) is 3.03. The number of carbonyl (C=O) groups is 1. The van der Waals surface area contributed by atoms with E-state index in [2.05, 4.69) is 20.2 Å². The third-order valence-electron chi connectivity index (χ3n) is 4.59. The maximum Gasteiger partial charge on any atom is 0.292 e. The molecule has 3 aromatic rings. The fraction of sp³-hybridized carbons (Fsp3) is 0.278. The largest absolute Gasteiger partial charge is 0.318 e. The Labute approximate surface area is 158 Å². The first kappa shape index (κ1) is 17.9. The number of carbonyl (C=O) groups excluding carboxylic acids is 1. The molecule has 0 bridgehead atoms. The van der Waals surface area contributed by atoms with Gasteiger partial charge < -0.3 is 5.32 Å². The van der Waals surface area contributed by atoms with Crippen LogP contribution >= 0.6 is 10.6 Å². The summed E-state index contributed by atoms with van der Waals surface area (Å²) in [6.07, 6.45) is 5.05. The van der Waals surface area contributed by atoms with Crippen LogP contribution in [0.1, 0.15) is 16.3 Å². The van der Waals surface area contributed by atoms with E-state index in [-0.39, 0.29) is 5.91 Å². The SMILES string of the molecule is O=C(Nc1cccnc1)c1nc(CN2CCS(O)(O)CC2)c2ccccn12. The van der Waals surface area contributed by atoms with E-state index in [9.17, 15) is 13.9 Å². The van der Waals surface area contributed by atoms with Gasteiger partial charge in [-0.25, -0.2) is 4.98 Å². The van der Waals surface area contributed by atoms with E-state index in [1.807, 2.05) is 24.4 Å². The van der Waals surface area contributed by atoms with Gasteiger partial charge in [-0.2, -0.15) is 10.6 Å². The second kappa shape index (κ2) is 7.28. The molecule has 142 valence electrons. The van der Waals surface area contributed by atoms with Crippen molar-refractivity contribution in [3.63, 3.8) is 0 Å². The normalized spacial score (nSPS) is 18.3. The van der Waals surface area contributed by atoms with Crippen molar-refractivity contribution in [3.05, 3.63) is 60.4 Å². The maximum atomic E-state index is 12.7. The van der Waals surface area contributed by atoms with Gasteiger partial charge in [-0.05, 0) is 24.3 Å². The zero-order valence-corrected chi connectivity index (χ0v) is 15.5. The number of rotatable bonds is 4. The van der Waals surface area contributed by atoms with Gasteiger partial charge in [0.25, 0.3) is 5.91 Å². The highest BCUT2D eigenvalue weighted by Gasteiger charge is 2.24. The molecule has 1 saturated heterocycles. The minimum atomic E-state index is -2.43. The maximum absolute atomic E-state index is 12.7. The molecule has 27 heavy (non-hydrogen) atoms. The first-order valence-electron chi connectivity index (χ1n) is 8.65. The molecule has 3 aromatic heterocycles. The van der Waals surface area contributed by atoms with Crippen LogP contribution in [-0.2, 0) is 6.54 Å². The number of pyridine rings is 2. The van der Waals surface area contributed by atoms with Gasteiger partial charge in [0.15, 0.2) is 0 Å². The van der Waals surface area contributed by atoms with Gasteiger partial charge in [0.1, 0.15) is 0 Å². The van der Waals surface area contributed by atoms with Crippen molar-refractivity contribution in [2.45, 2.75) is 6.54 Å². The number of aromatic nitrogens is 3. The van der Waals surface area contributed by atoms with E-state index in [0.717, 1.165) is 11.2 Å². The summed E-state index contributed by atoms with van der Waals surface area (Å²) in [5.74, 6) is 0.773. The number of nitrogens with zero attached hydrogens (tertiary/aromatic N) is 4. The third-order valence-corrected chi connectivity index (χ3v) is 6.26. The van der Waals surface area contributed by atoms with Crippen molar-refractivity contribution in [1.82, 2.24) is 19.3 Å². The molecule has 0 spiro atoms. The highest BCUT2D eigenvalue weighted by atomic mass is 32.3. The smallest absolute Gasteiger partial charge is 0.292 e. The summed E-state index contributed by atoms with van der Waals surface area (Å²) < 4.78 is 21.3. The van der Waals surface area contributed by atoms with Gasteiger partial charge >= 0.3 is 0 Å².